The lowest BCUT2D eigenvalue weighted by atomic mass is 9.92. The van der Waals surface area contributed by atoms with Crippen LogP contribution in [0.2, 0.25) is 0 Å². The molecule has 0 saturated carbocycles. The van der Waals surface area contributed by atoms with Gasteiger partial charge in [-0.1, -0.05) is 30.3 Å². The van der Waals surface area contributed by atoms with Crippen LogP contribution < -0.4 is 0 Å². The van der Waals surface area contributed by atoms with E-state index >= 15 is 0 Å². The summed E-state index contributed by atoms with van der Waals surface area (Å²) in [6.45, 7) is 1.76. The van der Waals surface area contributed by atoms with Crippen LogP contribution in [0.25, 0.3) is 11.3 Å². The van der Waals surface area contributed by atoms with Crippen molar-refractivity contribution in [2.24, 2.45) is 0 Å². The maximum Gasteiger partial charge on any atom is 0.166 e. The molecule has 3 rings (SSSR count). The summed E-state index contributed by atoms with van der Waals surface area (Å²) in [6.07, 6.45) is 2.54. The van der Waals surface area contributed by atoms with Gasteiger partial charge in [0.15, 0.2) is 5.78 Å². The van der Waals surface area contributed by atoms with Crippen LogP contribution in [0.3, 0.4) is 0 Å². The smallest absolute Gasteiger partial charge is 0.166 e. The number of carbonyl (C=O) groups excluding carboxylic acids is 1. The monoisotopic (exact) mass is 283 g/mol. The van der Waals surface area contributed by atoms with Crippen molar-refractivity contribution in [3.8, 4) is 11.3 Å². The van der Waals surface area contributed by atoms with Gasteiger partial charge in [-0.2, -0.15) is 5.10 Å². The van der Waals surface area contributed by atoms with Gasteiger partial charge in [-0.15, -0.1) is 0 Å². The Morgan fingerprint density at radius 2 is 1.95 bits per heavy atom. The zero-order valence-corrected chi connectivity index (χ0v) is 12.7. The quantitative estimate of drug-likeness (QED) is 0.865. The highest BCUT2D eigenvalue weighted by Crippen LogP contribution is 2.31. The van der Waals surface area contributed by atoms with E-state index in [0.717, 1.165) is 48.4 Å². The van der Waals surface area contributed by atoms with Gasteiger partial charge in [-0.25, -0.2) is 0 Å². The molecule has 1 aliphatic rings. The first-order valence-electron chi connectivity index (χ1n) is 7.50. The van der Waals surface area contributed by atoms with Gasteiger partial charge in [0.25, 0.3) is 0 Å². The molecule has 0 spiro atoms. The van der Waals surface area contributed by atoms with Crippen LogP contribution in [-0.2, 0) is 13.0 Å². The van der Waals surface area contributed by atoms with E-state index < -0.39 is 0 Å². The van der Waals surface area contributed by atoms with Gasteiger partial charge in [0.05, 0.1) is 12.1 Å². The molecule has 4 nitrogen and oxygen atoms in total. The van der Waals surface area contributed by atoms with Crippen molar-refractivity contribution >= 4 is 5.78 Å². The Bertz CT molecular complexity index is 644. The average molecular weight is 283 g/mol. The third-order valence-corrected chi connectivity index (χ3v) is 3.96. The van der Waals surface area contributed by atoms with Crippen molar-refractivity contribution in [1.82, 2.24) is 14.7 Å². The fourth-order valence-corrected chi connectivity index (χ4v) is 2.86. The molecule has 4 heteroatoms. The molecular weight excluding hydrogens is 262 g/mol. The first-order valence-corrected chi connectivity index (χ1v) is 7.50. The molecule has 0 saturated heterocycles. The van der Waals surface area contributed by atoms with Crippen LogP contribution in [-0.4, -0.2) is 41.1 Å². The molecule has 0 fully saturated rings. The predicted molar refractivity (Wildman–Crippen MR) is 83.5 cm³/mol. The van der Waals surface area contributed by atoms with E-state index in [1.165, 1.54) is 0 Å². The van der Waals surface area contributed by atoms with Crippen molar-refractivity contribution in [1.29, 1.82) is 0 Å². The zero-order valence-electron chi connectivity index (χ0n) is 12.7. The molecule has 2 aromatic rings. The minimum Gasteiger partial charge on any atom is -0.308 e. The molecule has 0 radical (unpaired) electrons. The number of benzene rings is 1. The highest BCUT2D eigenvalue weighted by Gasteiger charge is 2.27. The summed E-state index contributed by atoms with van der Waals surface area (Å²) in [5.74, 6) is 0.242. The van der Waals surface area contributed by atoms with E-state index in [9.17, 15) is 4.79 Å². The minimum absolute atomic E-state index is 0.242. The molecule has 21 heavy (non-hydrogen) atoms. The van der Waals surface area contributed by atoms with E-state index in [-0.39, 0.29) is 5.78 Å². The topological polar surface area (TPSA) is 38.1 Å². The fourth-order valence-electron chi connectivity index (χ4n) is 2.86. The highest BCUT2D eigenvalue weighted by atomic mass is 16.1. The summed E-state index contributed by atoms with van der Waals surface area (Å²) in [5.41, 5.74) is 3.86. The van der Waals surface area contributed by atoms with Gasteiger partial charge >= 0.3 is 0 Å². The van der Waals surface area contributed by atoms with E-state index in [1.54, 1.807) is 0 Å². The van der Waals surface area contributed by atoms with Crippen LogP contribution in [0.5, 0.6) is 0 Å². The largest absolute Gasteiger partial charge is 0.308 e. The predicted octanol–water partition coefficient (Wildman–Crippen LogP) is 2.63. The zero-order chi connectivity index (χ0) is 14.8. The standard InChI is InChI=1S/C17H21N3O/c1-19(2)11-12-20-14-9-6-10-15(21)16(14)17(18-20)13-7-4-3-5-8-13/h3-5,7-8H,6,9-12H2,1-2H3. The van der Waals surface area contributed by atoms with Gasteiger partial charge in [0.1, 0.15) is 5.69 Å². The van der Waals surface area contributed by atoms with Crippen LogP contribution in [0.15, 0.2) is 30.3 Å². The van der Waals surface area contributed by atoms with Crippen molar-refractivity contribution in [2.75, 3.05) is 20.6 Å². The normalized spacial score (nSPS) is 14.5. The number of hydrogen-bond donors (Lipinski definition) is 0. The molecule has 0 bridgehead atoms. The second kappa shape index (κ2) is 5.82. The summed E-state index contributed by atoms with van der Waals surface area (Å²) >= 11 is 0. The van der Waals surface area contributed by atoms with Crippen molar-refractivity contribution in [3.63, 3.8) is 0 Å². The third kappa shape index (κ3) is 2.76. The number of likely N-dealkylation sites (N-methyl/N-ethyl adjacent to an activating group) is 1. The first-order chi connectivity index (χ1) is 10.2. The van der Waals surface area contributed by atoms with Crippen LogP contribution >= 0.6 is 0 Å². The van der Waals surface area contributed by atoms with Crippen molar-refractivity contribution in [3.05, 3.63) is 41.6 Å². The highest BCUT2D eigenvalue weighted by molar-refractivity contribution is 6.03. The Morgan fingerprint density at radius 1 is 1.19 bits per heavy atom. The summed E-state index contributed by atoms with van der Waals surface area (Å²) < 4.78 is 2.04. The summed E-state index contributed by atoms with van der Waals surface area (Å²) in [5, 5.41) is 4.75. The SMILES string of the molecule is CN(C)CCn1nc(-c2ccccc2)c2c1CCCC2=O. The number of nitrogens with zero attached hydrogens (tertiary/aromatic N) is 3. The van der Waals surface area contributed by atoms with E-state index in [4.69, 9.17) is 5.10 Å². The number of Topliss-reactive ketones (excluding diaryl/α,β-unsaturated/α-hetero) is 1. The van der Waals surface area contributed by atoms with Gasteiger partial charge in [-0.3, -0.25) is 9.48 Å². The van der Waals surface area contributed by atoms with Gasteiger partial charge in [0, 0.05) is 24.2 Å². The Labute approximate surface area is 125 Å². The maximum atomic E-state index is 12.4. The Hall–Kier alpha value is -1.94. The second-order valence-corrected chi connectivity index (χ2v) is 5.84. The number of aromatic nitrogens is 2. The molecule has 0 aliphatic heterocycles. The lowest BCUT2D eigenvalue weighted by Crippen LogP contribution is -2.21. The Morgan fingerprint density at radius 3 is 2.67 bits per heavy atom. The van der Waals surface area contributed by atoms with Gasteiger partial charge < -0.3 is 4.90 Å². The molecule has 0 unspecified atom stereocenters. The van der Waals surface area contributed by atoms with E-state index in [0.29, 0.717) is 6.42 Å². The third-order valence-electron chi connectivity index (χ3n) is 3.96. The number of carbonyl (C=O) groups is 1. The number of hydrogen-bond acceptors (Lipinski definition) is 3. The molecule has 110 valence electrons. The fraction of sp³-hybridized carbons (Fsp3) is 0.412. The molecular formula is C17H21N3O. The maximum absolute atomic E-state index is 12.4. The lowest BCUT2D eigenvalue weighted by molar-refractivity contribution is 0.0972. The van der Waals surface area contributed by atoms with Crippen molar-refractivity contribution < 1.29 is 4.79 Å². The Balaban J connectivity index is 2.06. The molecule has 0 amide bonds. The van der Waals surface area contributed by atoms with Crippen molar-refractivity contribution in [2.45, 2.75) is 25.8 Å². The molecule has 0 N–H and O–H groups in total. The number of ketones is 1. The van der Waals surface area contributed by atoms with E-state index in [2.05, 4.69) is 19.0 Å². The summed E-state index contributed by atoms with van der Waals surface area (Å²) in [7, 11) is 4.11. The van der Waals surface area contributed by atoms with Gasteiger partial charge in [0.2, 0.25) is 0 Å². The summed E-state index contributed by atoms with van der Waals surface area (Å²) in [6, 6.07) is 10.0. The summed E-state index contributed by atoms with van der Waals surface area (Å²) in [4.78, 5) is 14.5. The first kappa shape index (κ1) is 14.0. The molecule has 1 aliphatic carbocycles. The van der Waals surface area contributed by atoms with Gasteiger partial charge in [-0.05, 0) is 26.9 Å². The molecule has 1 aromatic heterocycles. The number of rotatable bonds is 4. The van der Waals surface area contributed by atoms with Crippen LogP contribution in [0.4, 0.5) is 0 Å². The molecule has 1 heterocycles. The molecule has 0 atom stereocenters. The van der Waals surface area contributed by atoms with Crippen LogP contribution in [0, 0.1) is 0 Å². The number of fused-ring (bicyclic) bond motifs is 1. The minimum atomic E-state index is 0.242. The second-order valence-electron chi connectivity index (χ2n) is 5.84. The Kier molecular flexibility index (Phi) is 3.88. The van der Waals surface area contributed by atoms with Crippen LogP contribution in [0.1, 0.15) is 28.9 Å². The molecule has 1 aromatic carbocycles. The van der Waals surface area contributed by atoms with E-state index in [1.807, 2.05) is 35.0 Å². The lowest BCUT2D eigenvalue weighted by Gasteiger charge is -2.15. The average Bonchev–Trinajstić information content (AvgIpc) is 2.86.